The van der Waals surface area contributed by atoms with Crippen LogP contribution in [0.3, 0.4) is 0 Å². The molecule has 1 aliphatic rings. The molecular formula is C18H29NO2. The average molecular weight is 291 g/mol. The van der Waals surface area contributed by atoms with Gasteiger partial charge in [0.25, 0.3) is 0 Å². The molecule has 0 saturated heterocycles. The Morgan fingerprint density at radius 1 is 1.33 bits per heavy atom. The lowest BCUT2D eigenvalue weighted by Crippen LogP contribution is -2.40. The third-order valence-corrected chi connectivity index (χ3v) is 4.15. The van der Waals surface area contributed by atoms with Crippen molar-refractivity contribution in [2.24, 2.45) is 0 Å². The van der Waals surface area contributed by atoms with Crippen molar-refractivity contribution in [2.75, 3.05) is 7.05 Å². The van der Waals surface area contributed by atoms with E-state index in [1.54, 1.807) is 0 Å². The van der Waals surface area contributed by atoms with Crippen LogP contribution in [0.1, 0.15) is 52.5 Å². The molecule has 0 bridgehead atoms. The molecule has 0 aliphatic carbocycles. The van der Waals surface area contributed by atoms with E-state index in [4.69, 9.17) is 9.47 Å². The van der Waals surface area contributed by atoms with Crippen LogP contribution in [0, 0.1) is 0 Å². The summed E-state index contributed by atoms with van der Waals surface area (Å²) in [7, 11) is 2.02. The molecule has 0 spiro atoms. The molecule has 3 heteroatoms. The monoisotopic (exact) mass is 291 g/mol. The zero-order chi connectivity index (χ0) is 15.5. The third-order valence-electron chi connectivity index (χ3n) is 4.15. The standard InChI is InChI=1S/C18H29NO2/c1-6-9-14(19-5)15(7-2)20-16-11-8-10-13-12-18(3,4)21-17(13)16/h8,10-11,14-15,19H,6-7,9,12H2,1-5H3. The summed E-state index contributed by atoms with van der Waals surface area (Å²) in [4.78, 5) is 0. The molecule has 1 N–H and O–H groups in total. The lowest BCUT2D eigenvalue weighted by molar-refractivity contribution is 0.113. The summed E-state index contributed by atoms with van der Waals surface area (Å²) >= 11 is 0. The first-order valence-corrected chi connectivity index (χ1v) is 8.15. The fourth-order valence-electron chi connectivity index (χ4n) is 3.12. The summed E-state index contributed by atoms with van der Waals surface area (Å²) in [5.74, 6) is 1.83. The molecule has 0 saturated carbocycles. The zero-order valence-electron chi connectivity index (χ0n) is 14.0. The van der Waals surface area contributed by atoms with Crippen LogP contribution < -0.4 is 14.8 Å². The Bertz CT molecular complexity index is 470. The van der Waals surface area contributed by atoms with Gasteiger partial charge in [-0.15, -0.1) is 0 Å². The maximum absolute atomic E-state index is 6.32. The van der Waals surface area contributed by atoms with Gasteiger partial charge in [-0.2, -0.15) is 0 Å². The molecule has 0 fully saturated rings. The molecule has 2 unspecified atom stereocenters. The van der Waals surface area contributed by atoms with Gasteiger partial charge in [-0.3, -0.25) is 0 Å². The molecule has 2 atom stereocenters. The number of nitrogens with one attached hydrogen (secondary N) is 1. The number of fused-ring (bicyclic) bond motifs is 1. The first-order chi connectivity index (χ1) is 10.0. The van der Waals surface area contributed by atoms with Crippen LogP contribution in [0.4, 0.5) is 0 Å². The van der Waals surface area contributed by atoms with Crippen LogP contribution in [0.2, 0.25) is 0 Å². The van der Waals surface area contributed by atoms with Crippen molar-refractivity contribution in [3.63, 3.8) is 0 Å². The van der Waals surface area contributed by atoms with Gasteiger partial charge < -0.3 is 14.8 Å². The predicted octanol–water partition coefficient (Wildman–Crippen LogP) is 3.95. The van der Waals surface area contributed by atoms with Crippen molar-refractivity contribution >= 4 is 0 Å². The van der Waals surface area contributed by atoms with E-state index in [-0.39, 0.29) is 11.7 Å². The molecule has 0 radical (unpaired) electrons. The summed E-state index contributed by atoms with van der Waals surface area (Å²) < 4.78 is 12.4. The van der Waals surface area contributed by atoms with Crippen LogP contribution in [-0.4, -0.2) is 24.8 Å². The van der Waals surface area contributed by atoms with Gasteiger partial charge in [-0.1, -0.05) is 32.4 Å². The Hall–Kier alpha value is -1.22. The number of likely N-dealkylation sites (N-methyl/N-ethyl adjacent to an activating group) is 1. The van der Waals surface area contributed by atoms with E-state index in [2.05, 4.69) is 45.1 Å². The average Bonchev–Trinajstić information content (AvgIpc) is 2.77. The predicted molar refractivity (Wildman–Crippen MR) is 87.3 cm³/mol. The second kappa shape index (κ2) is 6.69. The fraction of sp³-hybridized carbons (Fsp3) is 0.667. The molecule has 0 amide bonds. The van der Waals surface area contributed by atoms with Gasteiger partial charge in [0, 0.05) is 18.0 Å². The molecule has 1 aliphatic heterocycles. The van der Waals surface area contributed by atoms with Gasteiger partial charge in [0.15, 0.2) is 11.5 Å². The van der Waals surface area contributed by atoms with Gasteiger partial charge in [-0.05, 0) is 39.8 Å². The normalized spacial score (nSPS) is 18.7. The first kappa shape index (κ1) is 16.2. The van der Waals surface area contributed by atoms with E-state index >= 15 is 0 Å². The van der Waals surface area contributed by atoms with Gasteiger partial charge in [0.1, 0.15) is 11.7 Å². The largest absolute Gasteiger partial charge is 0.485 e. The van der Waals surface area contributed by atoms with Crippen LogP contribution in [-0.2, 0) is 6.42 Å². The second-order valence-corrected chi connectivity index (χ2v) is 6.53. The molecular weight excluding hydrogens is 262 g/mol. The number of para-hydroxylation sites is 1. The van der Waals surface area contributed by atoms with Crippen molar-refractivity contribution in [1.82, 2.24) is 5.32 Å². The highest BCUT2D eigenvalue weighted by Gasteiger charge is 2.33. The van der Waals surface area contributed by atoms with E-state index in [1.807, 2.05) is 13.1 Å². The topological polar surface area (TPSA) is 30.5 Å². The lowest BCUT2D eigenvalue weighted by Gasteiger charge is -2.27. The van der Waals surface area contributed by atoms with Crippen LogP contribution in [0.5, 0.6) is 11.5 Å². The summed E-state index contributed by atoms with van der Waals surface area (Å²) in [6.45, 7) is 8.64. The smallest absolute Gasteiger partial charge is 0.165 e. The number of hydrogen-bond donors (Lipinski definition) is 1. The van der Waals surface area contributed by atoms with Crippen LogP contribution in [0.15, 0.2) is 18.2 Å². The number of ether oxygens (including phenoxy) is 2. The van der Waals surface area contributed by atoms with Crippen molar-refractivity contribution in [3.8, 4) is 11.5 Å². The number of rotatable bonds is 7. The van der Waals surface area contributed by atoms with Crippen LogP contribution >= 0.6 is 0 Å². The Morgan fingerprint density at radius 2 is 2.10 bits per heavy atom. The summed E-state index contributed by atoms with van der Waals surface area (Å²) in [6.07, 6.45) is 4.38. The zero-order valence-corrected chi connectivity index (χ0v) is 14.0. The minimum atomic E-state index is -0.130. The molecule has 0 aromatic heterocycles. The highest BCUT2D eigenvalue weighted by atomic mass is 16.5. The third kappa shape index (κ3) is 3.70. The molecule has 118 valence electrons. The molecule has 21 heavy (non-hydrogen) atoms. The molecule has 1 heterocycles. The first-order valence-electron chi connectivity index (χ1n) is 8.15. The van der Waals surface area contributed by atoms with E-state index in [0.717, 1.165) is 37.2 Å². The van der Waals surface area contributed by atoms with Crippen molar-refractivity contribution in [1.29, 1.82) is 0 Å². The minimum Gasteiger partial charge on any atom is -0.485 e. The van der Waals surface area contributed by atoms with E-state index in [1.165, 1.54) is 5.56 Å². The summed E-state index contributed by atoms with van der Waals surface area (Å²) in [5.41, 5.74) is 1.12. The fourth-order valence-corrected chi connectivity index (χ4v) is 3.12. The molecule has 3 nitrogen and oxygen atoms in total. The highest BCUT2D eigenvalue weighted by Crippen LogP contribution is 2.42. The Morgan fingerprint density at radius 3 is 2.71 bits per heavy atom. The SMILES string of the molecule is CCCC(NC)C(CC)Oc1cccc2c1OC(C)(C)C2. The van der Waals surface area contributed by atoms with Crippen molar-refractivity contribution in [2.45, 2.75) is 71.1 Å². The van der Waals surface area contributed by atoms with Crippen molar-refractivity contribution in [3.05, 3.63) is 23.8 Å². The number of benzene rings is 1. The van der Waals surface area contributed by atoms with Crippen molar-refractivity contribution < 1.29 is 9.47 Å². The van der Waals surface area contributed by atoms with E-state index < -0.39 is 0 Å². The maximum atomic E-state index is 6.32. The van der Waals surface area contributed by atoms with Crippen LogP contribution in [0.25, 0.3) is 0 Å². The highest BCUT2D eigenvalue weighted by molar-refractivity contribution is 5.50. The quantitative estimate of drug-likeness (QED) is 0.825. The second-order valence-electron chi connectivity index (χ2n) is 6.53. The lowest BCUT2D eigenvalue weighted by atomic mass is 10.0. The molecule has 2 rings (SSSR count). The Balaban J connectivity index is 2.18. The van der Waals surface area contributed by atoms with E-state index in [0.29, 0.717) is 6.04 Å². The van der Waals surface area contributed by atoms with Gasteiger partial charge in [0.05, 0.1) is 0 Å². The molecule has 1 aromatic rings. The van der Waals surface area contributed by atoms with Gasteiger partial charge in [0.2, 0.25) is 0 Å². The summed E-state index contributed by atoms with van der Waals surface area (Å²) in [5, 5.41) is 3.39. The maximum Gasteiger partial charge on any atom is 0.165 e. The number of hydrogen-bond acceptors (Lipinski definition) is 3. The Labute approximate surface area is 129 Å². The van der Waals surface area contributed by atoms with Gasteiger partial charge in [-0.25, -0.2) is 0 Å². The molecule has 1 aromatic carbocycles. The summed E-state index contributed by atoms with van der Waals surface area (Å²) in [6, 6.07) is 6.62. The van der Waals surface area contributed by atoms with E-state index in [9.17, 15) is 0 Å². The Kier molecular flexibility index (Phi) is 5.15. The minimum absolute atomic E-state index is 0.130. The van der Waals surface area contributed by atoms with Gasteiger partial charge >= 0.3 is 0 Å².